The summed E-state index contributed by atoms with van der Waals surface area (Å²) < 4.78 is 4.87. The number of hydrogen-bond donors (Lipinski definition) is 2. The molecule has 2 aromatic carbocycles. The smallest absolute Gasteiger partial charge is 0.337 e. The molecule has 174 valence electrons. The topological polar surface area (TPSA) is 70.7 Å². The molecule has 2 aliphatic heterocycles. The minimum absolute atomic E-state index is 0.201. The number of thiophene rings is 1. The van der Waals surface area contributed by atoms with Crippen LogP contribution in [-0.4, -0.2) is 37.0 Å². The van der Waals surface area contributed by atoms with E-state index >= 15 is 0 Å². The number of rotatable bonds is 6. The Morgan fingerprint density at radius 3 is 2.56 bits per heavy atom. The number of ether oxygens (including phenoxy) is 1. The van der Waals surface area contributed by atoms with Crippen LogP contribution in [0.25, 0.3) is 11.3 Å². The van der Waals surface area contributed by atoms with E-state index in [-0.39, 0.29) is 5.91 Å². The van der Waals surface area contributed by atoms with Crippen molar-refractivity contribution in [2.45, 2.75) is 25.8 Å². The van der Waals surface area contributed by atoms with Gasteiger partial charge < -0.3 is 15.4 Å². The van der Waals surface area contributed by atoms with Gasteiger partial charge in [0, 0.05) is 34.4 Å². The van der Waals surface area contributed by atoms with Crippen LogP contribution in [-0.2, 0) is 16.1 Å². The first-order chi connectivity index (χ1) is 16.6. The van der Waals surface area contributed by atoms with Crippen LogP contribution in [0.15, 0.2) is 59.3 Å². The zero-order valence-corrected chi connectivity index (χ0v) is 19.9. The Hall–Kier alpha value is -3.42. The van der Waals surface area contributed by atoms with Crippen LogP contribution in [0.4, 0.5) is 11.4 Å². The van der Waals surface area contributed by atoms with Crippen LogP contribution >= 0.6 is 11.3 Å². The Kier molecular flexibility index (Phi) is 6.47. The number of fused-ring (bicyclic) bond motifs is 1. The summed E-state index contributed by atoms with van der Waals surface area (Å²) in [5.41, 5.74) is 6.10. The molecule has 3 heterocycles. The Morgan fingerprint density at radius 2 is 1.85 bits per heavy atom. The van der Waals surface area contributed by atoms with E-state index in [0.717, 1.165) is 30.9 Å². The van der Waals surface area contributed by atoms with E-state index in [1.165, 1.54) is 31.9 Å². The summed E-state index contributed by atoms with van der Waals surface area (Å²) in [4.78, 5) is 27.7. The summed E-state index contributed by atoms with van der Waals surface area (Å²) in [7, 11) is 1.35. The lowest BCUT2D eigenvalue weighted by atomic mass is 9.99. The van der Waals surface area contributed by atoms with Crippen molar-refractivity contribution in [3.63, 3.8) is 0 Å². The molecule has 7 heteroatoms. The van der Waals surface area contributed by atoms with Crippen LogP contribution in [0.3, 0.4) is 0 Å². The molecule has 1 saturated heterocycles. The first-order valence-corrected chi connectivity index (χ1v) is 12.5. The molecule has 2 N–H and O–H groups in total. The summed E-state index contributed by atoms with van der Waals surface area (Å²) in [6, 6.07) is 15.5. The molecule has 0 atom stereocenters. The minimum Gasteiger partial charge on any atom is -0.465 e. The first kappa shape index (κ1) is 22.4. The number of likely N-dealkylation sites (tertiary alicyclic amines) is 1. The fraction of sp³-hybridized carbons (Fsp3) is 0.259. The molecule has 0 radical (unpaired) electrons. The van der Waals surface area contributed by atoms with E-state index in [2.05, 4.69) is 39.8 Å². The highest BCUT2D eigenvalue weighted by Crippen LogP contribution is 2.38. The fourth-order valence-electron chi connectivity index (χ4n) is 4.56. The lowest BCUT2D eigenvalue weighted by Gasteiger charge is -2.26. The first-order valence-electron chi connectivity index (χ1n) is 11.5. The summed E-state index contributed by atoms with van der Waals surface area (Å²) in [6.45, 7) is 3.29. The van der Waals surface area contributed by atoms with Crippen molar-refractivity contribution in [1.29, 1.82) is 0 Å². The quantitative estimate of drug-likeness (QED) is 0.368. The van der Waals surface area contributed by atoms with E-state index in [9.17, 15) is 9.59 Å². The predicted molar refractivity (Wildman–Crippen MR) is 137 cm³/mol. The molecule has 0 saturated carbocycles. The number of benzene rings is 2. The Morgan fingerprint density at radius 1 is 1.06 bits per heavy atom. The zero-order chi connectivity index (χ0) is 23.5. The van der Waals surface area contributed by atoms with Crippen molar-refractivity contribution in [3.05, 3.63) is 81.5 Å². The molecule has 0 spiro atoms. The number of methoxy groups -OCH3 is 1. The van der Waals surface area contributed by atoms with Gasteiger partial charge in [0.15, 0.2) is 0 Å². The van der Waals surface area contributed by atoms with Crippen molar-refractivity contribution >= 4 is 45.9 Å². The molecule has 3 aromatic rings. The van der Waals surface area contributed by atoms with E-state index in [4.69, 9.17) is 4.74 Å². The van der Waals surface area contributed by atoms with Crippen molar-refractivity contribution in [2.75, 3.05) is 30.8 Å². The number of anilines is 2. The monoisotopic (exact) mass is 473 g/mol. The second-order valence-corrected chi connectivity index (χ2v) is 9.41. The number of carbonyl (C=O) groups excluding carboxylic acids is 2. The number of esters is 1. The summed E-state index contributed by atoms with van der Waals surface area (Å²) in [5.74, 6) is -0.636. The van der Waals surface area contributed by atoms with Crippen LogP contribution in [0.5, 0.6) is 0 Å². The molecule has 1 fully saturated rings. The standard InChI is InChI=1S/C27H27N3O3S/c1-33-27(32)19-7-10-23-22(15-19)24(26(31)29-23)25(20-11-14-34-17-20)28-21-8-5-18(6-9-21)16-30-12-3-2-4-13-30/h5-11,14-15,17,28H,2-4,12-13,16H2,1H3,(H,29,31)/b25-24-. The molecule has 0 bridgehead atoms. The minimum atomic E-state index is -0.434. The highest BCUT2D eigenvalue weighted by molar-refractivity contribution is 7.08. The molecule has 2 aliphatic rings. The summed E-state index contributed by atoms with van der Waals surface area (Å²) in [6.07, 6.45) is 3.88. The number of carbonyl (C=O) groups is 2. The highest BCUT2D eigenvalue weighted by Gasteiger charge is 2.29. The van der Waals surface area contributed by atoms with Gasteiger partial charge >= 0.3 is 5.97 Å². The van der Waals surface area contributed by atoms with Crippen LogP contribution < -0.4 is 10.6 Å². The molecule has 34 heavy (non-hydrogen) atoms. The second-order valence-electron chi connectivity index (χ2n) is 8.63. The number of piperidine rings is 1. The molecule has 0 aliphatic carbocycles. The van der Waals surface area contributed by atoms with Gasteiger partial charge in [0.1, 0.15) is 0 Å². The average Bonchev–Trinajstić information content (AvgIpc) is 3.51. The van der Waals surface area contributed by atoms with Gasteiger partial charge in [-0.05, 0) is 73.3 Å². The maximum absolute atomic E-state index is 13.1. The van der Waals surface area contributed by atoms with Crippen LogP contribution in [0.2, 0.25) is 0 Å². The predicted octanol–water partition coefficient (Wildman–Crippen LogP) is 5.45. The van der Waals surface area contributed by atoms with E-state index < -0.39 is 5.97 Å². The SMILES string of the molecule is COC(=O)c1ccc2c(c1)/C(=C(/Nc1ccc(CN3CCCCC3)cc1)c1ccsc1)C(=O)N2. The summed E-state index contributed by atoms with van der Waals surface area (Å²) >= 11 is 1.57. The van der Waals surface area contributed by atoms with E-state index in [1.807, 2.05) is 16.8 Å². The molecular weight excluding hydrogens is 446 g/mol. The van der Waals surface area contributed by atoms with Gasteiger partial charge in [-0.3, -0.25) is 9.69 Å². The number of hydrogen-bond acceptors (Lipinski definition) is 6. The third-order valence-electron chi connectivity index (χ3n) is 6.32. The third-order valence-corrected chi connectivity index (χ3v) is 7.01. The lowest BCUT2D eigenvalue weighted by Crippen LogP contribution is -2.29. The van der Waals surface area contributed by atoms with Gasteiger partial charge in [0.2, 0.25) is 0 Å². The maximum Gasteiger partial charge on any atom is 0.337 e. The molecule has 0 unspecified atom stereocenters. The third kappa shape index (κ3) is 4.62. The zero-order valence-electron chi connectivity index (χ0n) is 19.1. The Balaban J connectivity index is 1.48. The van der Waals surface area contributed by atoms with Gasteiger partial charge in [0.25, 0.3) is 5.91 Å². The largest absolute Gasteiger partial charge is 0.465 e. The van der Waals surface area contributed by atoms with Gasteiger partial charge in [-0.2, -0.15) is 11.3 Å². The van der Waals surface area contributed by atoms with Crippen molar-refractivity contribution in [3.8, 4) is 0 Å². The normalized spacial score (nSPS) is 17.1. The second kappa shape index (κ2) is 9.83. The van der Waals surface area contributed by atoms with Crippen molar-refractivity contribution in [2.24, 2.45) is 0 Å². The number of nitrogens with zero attached hydrogens (tertiary/aromatic N) is 1. The van der Waals surface area contributed by atoms with Gasteiger partial charge in [-0.1, -0.05) is 18.6 Å². The summed E-state index contributed by atoms with van der Waals surface area (Å²) in [5, 5.41) is 10.4. The lowest BCUT2D eigenvalue weighted by molar-refractivity contribution is -0.110. The van der Waals surface area contributed by atoms with E-state index in [1.54, 1.807) is 29.5 Å². The highest BCUT2D eigenvalue weighted by atomic mass is 32.1. The van der Waals surface area contributed by atoms with Crippen LogP contribution in [0, 0.1) is 0 Å². The Bertz CT molecular complexity index is 1230. The average molecular weight is 474 g/mol. The van der Waals surface area contributed by atoms with Crippen LogP contribution in [0.1, 0.15) is 46.3 Å². The van der Waals surface area contributed by atoms with Crippen molar-refractivity contribution < 1.29 is 14.3 Å². The molecule has 5 rings (SSSR count). The van der Waals surface area contributed by atoms with Crippen molar-refractivity contribution in [1.82, 2.24) is 4.90 Å². The maximum atomic E-state index is 13.1. The molecule has 1 amide bonds. The van der Waals surface area contributed by atoms with E-state index in [0.29, 0.717) is 28.1 Å². The number of amides is 1. The fourth-order valence-corrected chi connectivity index (χ4v) is 5.21. The van der Waals surface area contributed by atoms with Gasteiger partial charge in [0.05, 0.1) is 23.9 Å². The number of nitrogens with one attached hydrogen (secondary N) is 2. The molecule has 1 aromatic heterocycles. The molecular formula is C27H27N3O3S. The molecule has 6 nitrogen and oxygen atoms in total. The van der Waals surface area contributed by atoms with Gasteiger partial charge in [-0.25, -0.2) is 4.79 Å². The Labute approximate surface area is 203 Å². The van der Waals surface area contributed by atoms with Gasteiger partial charge in [-0.15, -0.1) is 0 Å².